The van der Waals surface area contributed by atoms with E-state index >= 15 is 0 Å². The molecular weight excluding hydrogens is 463 g/mol. The van der Waals surface area contributed by atoms with Crippen molar-refractivity contribution in [2.75, 3.05) is 6.54 Å². The minimum absolute atomic E-state index is 0.00319. The Morgan fingerprint density at radius 3 is 2.65 bits per heavy atom. The van der Waals surface area contributed by atoms with Gasteiger partial charge < -0.3 is 20.0 Å². The van der Waals surface area contributed by atoms with Gasteiger partial charge in [-0.2, -0.15) is 13.2 Å². The number of hydrogen-bond acceptors (Lipinski definition) is 5. The van der Waals surface area contributed by atoms with Crippen LogP contribution in [0, 0.1) is 18.6 Å². The van der Waals surface area contributed by atoms with E-state index in [9.17, 15) is 31.5 Å². The van der Waals surface area contributed by atoms with Gasteiger partial charge in [-0.05, 0) is 49.2 Å². The zero-order valence-electron chi connectivity index (χ0n) is 18.0. The first-order valence-corrected chi connectivity index (χ1v) is 10.2. The van der Waals surface area contributed by atoms with Crippen molar-refractivity contribution in [2.45, 2.75) is 38.5 Å². The SMILES string of the molecule is Cc1c(-c2ccc(C=O)o2)nc(C(F)(F)F)n1CCNC(=O)CC(N)Cc1cc(F)ccc1F. The van der Waals surface area contributed by atoms with Crippen LogP contribution in [-0.4, -0.2) is 34.3 Å². The first kappa shape index (κ1) is 25.1. The number of alkyl halides is 3. The standard InChI is InChI=1S/C22H21F5N4O3/c1-12-20(18-5-3-16(11-32)34-18)30-21(22(25,26)27)31(12)7-6-29-19(33)10-15(28)9-13-8-14(23)2-4-17(13)24/h2-5,8,11,15H,6-7,9-10,28H2,1H3,(H,29,33). The van der Waals surface area contributed by atoms with Crippen molar-refractivity contribution in [3.63, 3.8) is 0 Å². The highest BCUT2D eigenvalue weighted by Crippen LogP contribution is 2.34. The van der Waals surface area contributed by atoms with Crippen LogP contribution >= 0.6 is 0 Å². The van der Waals surface area contributed by atoms with Crippen LogP contribution in [0.15, 0.2) is 34.7 Å². The fraction of sp³-hybridized carbons (Fsp3) is 0.318. The van der Waals surface area contributed by atoms with Crippen LogP contribution in [0.3, 0.4) is 0 Å². The summed E-state index contributed by atoms with van der Waals surface area (Å²) in [6.45, 7) is 0.984. The average Bonchev–Trinajstić information content (AvgIpc) is 3.35. The summed E-state index contributed by atoms with van der Waals surface area (Å²) < 4.78 is 73.6. The Morgan fingerprint density at radius 1 is 1.26 bits per heavy atom. The topological polar surface area (TPSA) is 103 Å². The Bertz CT molecular complexity index is 1190. The van der Waals surface area contributed by atoms with Crippen molar-refractivity contribution in [3.8, 4) is 11.5 Å². The van der Waals surface area contributed by atoms with Gasteiger partial charge in [0.15, 0.2) is 17.8 Å². The van der Waals surface area contributed by atoms with Crippen LogP contribution in [0.4, 0.5) is 22.0 Å². The molecule has 1 aromatic carbocycles. The maximum absolute atomic E-state index is 13.7. The van der Waals surface area contributed by atoms with Crippen LogP contribution in [0.1, 0.15) is 34.1 Å². The molecule has 3 rings (SSSR count). The molecule has 1 amide bonds. The van der Waals surface area contributed by atoms with Crippen molar-refractivity contribution >= 4 is 12.2 Å². The van der Waals surface area contributed by atoms with Gasteiger partial charge in [-0.3, -0.25) is 9.59 Å². The van der Waals surface area contributed by atoms with Crippen molar-refractivity contribution in [1.29, 1.82) is 0 Å². The Labute approximate surface area is 190 Å². The van der Waals surface area contributed by atoms with Gasteiger partial charge in [0.2, 0.25) is 11.7 Å². The number of nitrogens with zero attached hydrogens (tertiary/aromatic N) is 2. The highest BCUT2D eigenvalue weighted by molar-refractivity contribution is 5.76. The molecule has 1 unspecified atom stereocenters. The second-order valence-corrected chi connectivity index (χ2v) is 7.59. The van der Waals surface area contributed by atoms with Gasteiger partial charge in [0.25, 0.3) is 0 Å². The number of amides is 1. The molecule has 0 spiro atoms. The van der Waals surface area contributed by atoms with E-state index in [0.29, 0.717) is 6.29 Å². The minimum atomic E-state index is -4.77. The first-order chi connectivity index (χ1) is 16.0. The average molecular weight is 484 g/mol. The number of nitrogens with one attached hydrogen (secondary N) is 1. The third kappa shape index (κ3) is 5.87. The third-order valence-corrected chi connectivity index (χ3v) is 5.05. The minimum Gasteiger partial charge on any atom is -0.452 e. The summed E-state index contributed by atoms with van der Waals surface area (Å²) in [5, 5.41) is 2.47. The zero-order valence-corrected chi connectivity index (χ0v) is 18.0. The number of halogens is 5. The molecule has 3 aromatic rings. The normalized spacial score (nSPS) is 12.6. The molecule has 0 bridgehead atoms. The number of furan rings is 1. The molecule has 182 valence electrons. The summed E-state index contributed by atoms with van der Waals surface area (Å²) in [4.78, 5) is 26.6. The van der Waals surface area contributed by atoms with Crippen molar-refractivity contribution < 1.29 is 36.0 Å². The fourth-order valence-electron chi connectivity index (χ4n) is 3.47. The highest BCUT2D eigenvalue weighted by atomic mass is 19.4. The molecule has 0 saturated carbocycles. The molecule has 0 aliphatic rings. The molecule has 2 heterocycles. The maximum atomic E-state index is 13.7. The summed E-state index contributed by atoms with van der Waals surface area (Å²) in [6.07, 6.45) is -4.68. The van der Waals surface area contributed by atoms with E-state index in [-0.39, 0.29) is 54.4 Å². The number of aromatic nitrogens is 2. The molecule has 34 heavy (non-hydrogen) atoms. The quantitative estimate of drug-likeness (QED) is 0.357. The van der Waals surface area contributed by atoms with Gasteiger partial charge >= 0.3 is 6.18 Å². The second kappa shape index (κ2) is 10.2. The number of imidazole rings is 1. The Balaban J connectivity index is 1.64. The number of rotatable bonds is 9. The number of hydrogen-bond donors (Lipinski definition) is 2. The van der Waals surface area contributed by atoms with E-state index in [1.165, 1.54) is 19.1 Å². The predicted molar refractivity (Wildman–Crippen MR) is 111 cm³/mol. The third-order valence-electron chi connectivity index (χ3n) is 5.05. The van der Waals surface area contributed by atoms with Gasteiger partial charge in [-0.1, -0.05) is 0 Å². The summed E-state index contributed by atoms with van der Waals surface area (Å²) in [6, 6.07) is 4.74. The number of benzene rings is 1. The second-order valence-electron chi connectivity index (χ2n) is 7.59. The molecule has 3 N–H and O–H groups in total. The molecule has 0 fully saturated rings. The zero-order chi connectivity index (χ0) is 25.0. The van der Waals surface area contributed by atoms with Crippen molar-refractivity contribution in [1.82, 2.24) is 14.9 Å². The number of carbonyl (C=O) groups is 2. The highest BCUT2D eigenvalue weighted by Gasteiger charge is 2.38. The number of carbonyl (C=O) groups excluding carboxylic acids is 2. The summed E-state index contributed by atoms with van der Waals surface area (Å²) >= 11 is 0. The van der Waals surface area contributed by atoms with Gasteiger partial charge in [-0.25, -0.2) is 13.8 Å². The lowest BCUT2D eigenvalue weighted by molar-refractivity contribution is -0.147. The Morgan fingerprint density at radius 2 is 2.00 bits per heavy atom. The lowest BCUT2D eigenvalue weighted by Crippen LogP contribution is -2.35. The molecule has 1 atom stereocenters. The lowest BCUT2D eigenvalue weighted by Gasteiger charge is -2.15. The monoisotopic (exact) mass is 484 g/mol. The Hall–Kier alpha value is -3.54. The molecule has 12 heteroatoms. The molecule has 0 aliphatic heterocycles. The van der Waals surface area contributed by atoms with Crippen molar-refractivity contribution in [3.05, 3.63) is 64.8 Å². The first-order valence-electron chi connectivity index (χ1n) is 10.2. The molecule has 0 radical (unpaired) electrons. The fourth-order valence-corrected chi connectivity index (χ4v) is 3.47. The van der Waals surface area contributed by atoms with Gasteiger partial charge in [-0.15, -0.1) is 0 Å². The van der Waals surface area contributed by atoms with Crippen LogP contribution in [0.2, 0.25) is 0 Å². The van der Waals surface area contributed by atoms with E-state index in [4.69, 9.17) is 10.2 Å². The van der Waals surface area contributed by atoms with Crippen LogP contribution in [0.5, 0.6) is 0 Å². The van der Waals surface area contributed by atoms with Crippen LogP contribution in [0.25, 0.3) is 11.5 Å². The summed E-state index contributed by atoms with van der Waals surface area (Å²) in [5.74, 6) is -3.09. The predicted octanol–water partition coefficient (Wildman–Crippen LogP) is 3.64. The van der Waals surface area contributed by atoms with E-state index in [1.54, 1.807) is 0 Å². The van der Waals surface area contributed by atoms with Crippen LogP contribution in [-0.2, 0) is 23.9 Å². The molecular formula is C22H21F5N4O3. The molecule has 0 aliphatic carbocycles. The van der Waals surface area contributed by atoms with Crippen LogP contribution < -0.4 is 11.1 Å². The lowest BCUT2D eigenvalue weighted by atomic mass is 10.0. The van der Waals surface area contributed by atoms with E-state index in [0.717, 1.165) is 22.8 Å². The van der Waals surface area contributed by atoms with E-state index in [2.05, 4.69) is 10.3 Å². The van der Waals surface area contributed by atoms with Gasteiger partial charge in [0.1, 0.15) is 17.3 Å². The van der Waals surface area contributed by atoms with E-state index < -0.39 is 35.6 Å². The van der Waals surface area contributed by atoms with Gasteiger partial charge in [0, 0.05) is 31.2 Å². The Kier molecular flexibility index (Phi) is 7.50. The maximum Gasteiger partial charge on any atom is 0.449 e. The van der Waals surface area contributed by atoms with E-state index in [1.807, 2.05) is 0 Å². The number of aldehydes is 1. The van der Waals surface area contributed by atoms with Crippen molar-refractivity contribution in [2.24, 2.45) is 5.73 Å². The van der Waals surface area contributed by atoms with Gasteiger partial charge in [0.05, 0.1) is 0 Å². The molecule has 2 aromatic heterocycles. The molecule has 0 saturated heterocycles. The smallest absolute Gasteiger partial charge is 0.449 e. The summed E-state index contributed by atoms with van der Waals surface area (Å²) in [7, 11) is 0. The largest absolute Gasteiger partial charge is 0.452 e. The number of nitrogens with two attached hydrogens (primary N) is 1. The summed E-state index contributed by atoms with van der Waals surface area (Å²) in [5.41, 5.74) is 5.92. The molecule has 7 nitrogen and oxygen atoms in total.